The quantitative estimate of drug-likeness (QED) is 0.584. The molecular formula is C22H30FN3O2S+2. The van der Waals surface area contributed by atoms with Crippen molar-refractivity contribution in [3.05, 3.63) is 53.8 Å². The van der Waals surface area contributed by atoms with E-state index in [2.05, 4.69) is 5.32 Å². The van der Waals surface area contributed by atoms with E-state index >= 15 is 0 Å². The zero-order chi connectivity index (χ0) is 20.8. The minimum absolute atomic E-state index is 0.0576. The molecular weight excluding hydrogens is 389 g/mol. The van der Waals surface area contributed by atoms with Crippen molar-refractivity contribution >= 4 is 23.4 Å². The molecule has 2 aromatic rings. The summed E-state index contributed by atoms with van der Waals surface area (Å²) in [5, 5.41) is 3.09. The summed E-state index contributed by atoms with van der Waals surface area (Å²) in [6.45, 7) is 6.55. The van der Waals surface area contributed by atoms with Crippen molar-refractivity contribution < 1.29 is 23.7 Å². The summed E-state index contributed by atoms with van der Waals surface area (Å²) in [6, 6.07) is 12.9. The summed E-state index contributed by atoms with van der Waals surface area (Å²) in [7, 11) is 1.47. The SMILES string of the molecule is COc1ccc(C[NH+]2CC[NH+]([C@H](C)C(=O)Nc3ccccc3SC)CC2)cc1F. The number of thioether (sulfide) groups is 1. The number of nitrogens with one attached hydrogen (secondary N) is 3. The highest BCUT2D eigenvalue weighted by Crippen LogP contribution is 2.24. The number of methoxy groups -OCH3 is 1. The second kappa shape index (κ2) is 10.1. The number of halogens is 1. The Labute approximate surface area is 176 Å². The number of benzene rings is 2. The van der Waals surface area contributed by atoms with Crippen LogP contribution < -0.4 is 19.9 Å². The smallest absolute Gasteiger partial charge is 0.282 e. The summed E-state index contributed by atoms with van der Waals surface area (Å²) in [5.74, 6) is 0.0209. The zero-order valence-corrected chi connectivity index (χ0v) is 18.1. The Morgan fingerprint density at radius 1 is 1.21 bits per heavy atom. The van der Waals surface area contributed by atoms with Gasteiger partial charge in [-0.15, -0.1) is 11.8 Å². The van der Waals surface area contributed by atoms with E-state index in [1.54, 1.807) is 23.9 Å². The van der Waals surface area contributed by atoms with Gasteiger partial charge in [0, 0.05) is 10.5 Å². The largest absolute Gasteiger partial charge is 0.494 e. The van der Waals surface area contributed by atoms with Gasteiger partial charge in [-0.3, -0.25) is 4.79 Å². The molecule has 1 amide bonds. The van der Waals surface area contributed by atoms with Crippen LogP contribution in [0.4, 0.5) is 10.1 Å². The molecule has 1 heterocycles. The second-order valence-electron chi connectivity index (χ2n) is 7.47. The Hall–Kier alpha value is -2.09. The Kier molecular flexibility index (Phi) is 7.52. The molecule has 2 aromatic carbocycles. The van der Waals surface area contributed by atoms with E-state index in [1.165, 1.54) is 16.9 Å². The minimum Gasteiger partial charge on any atom is -0.494 e. The van der Waals surface area contributed by atoms with Gasteiger partial charge in [0.2, 0.25) is 0 Å². The average molecular weight is 420 g/mol. The molecule has 1 aliphatic rings. The van der Waals surface area contributed by atoms with Crippen LogP contribution in [0.1, 0.15) is 12.5 Å². The Balaban J connectivity index is 1.52. The predicted molar refractivity (Wildman–Crippen MR) is 114 cm³/mol. The van der Waals surface area contributed by atoms with Crippen LogP contribution in [0.5, 0.6) is 5.75 Å². The van der Waals surface area contributed by atoms with Gasteiger partial charge in [-0.25, -0.2) is 4.39 Å². The molecule has 0 bridgehead atoms. The molecule has 5 nitrogen and oxygen atoms in total. The molecule has 156 valence electrons. The third-order valence-electron chi connectivity index (χ3n) is 5.64. The fraction of sp³-hybridized carbons (Fsp3) is 0.409. The first-order chi connectivity index (χ1) is 14.0. The van der Waals surface area contributed by atoms with E-state index in [1.807, 2.05) is 43.5 Å². The first-order valence-corrected chi connectivity index (χ1v) is 11.2. The summed E-state index contributed by atoms with van der Waals surface area (Å²) < 4.78 is 18.9. The summed E-state index contributed by atoms with van der Waals surface area (Å²) in [4.78, 5) is 16.5. The third kappa shape index (κ3) is 5.50. The summed E-state index contributed by atoms with van der Waals surface area (Å²) in [6.07, 6.45) is 2.01. The minimum atomic E-state index is -0.315. The summed E-state index contributed by atoms with van der Waals surface area (Å²) >= 11 is 1.63. The van der Waals surface area contributed by atoms with Crippen molar-refractivity contribution in [1.29, 1.82) is 0 Å². The molecule has 3 rings (SSSR count). The number of amides is 1. The van der Waals surface area contributed by atoms with Crippen LogP contribution in [0.3, 0.4) is 0 Å². The fourth-order valence-electron chi connectivity index (χ4n) is 3.82. The molecule has 0 saturated carbocycles. The van der Waals surface area contributed by atoms with E-state index in [9.17, 15) is 9.18 Å². The van der Waals surface area contributed by atoms with Gasteiger partial charge in [0.1, 0.15) is 32.7 Å². The van der Waals surface area contributed by atoms with Gasteiger partial charge in [-0.05, 0) is 43.5 Å². The highest BCUT2D eigenvalue weighted by molar-refractivity contribution is 7.98. The van der Waals surface area contributed by atoms with Crippen molar-refractivity contribution in [2.75, 3.05) is 44.9 Å². The normalized spacial score (nSPS) is 20.1. The van der Waals surface area contributed by atoms with E-state index in [-0.39, 0.29) is 23.5 Å². The lowest BCUT2D eigenvalue weighted by molar-refractivity contribution is -1.02. The van der Waals surface area contributed by atoms with Gasteiger partial charge in [-0.1, -0.05) is 12.1 Å². The van der Waals surface area contributed by atoms with Crippen molar-refractivity contribution in [2.45, 2.75) is 24.4 Å². The lowest BCUT2D eigenvalue weighted by Gasteiger charge is -2.32. The number of carbonyl (C=O) groups excluding carboxylic acids is 1. The maximum absolute atomic E-state index is 13.9. The fourth-order valence-corrected chi connectivity index (χ4v) is 4.37. The topological polar surface area (TPSA) is 47.2 Å². The average Bonchev–Trinajstić information content (AvgIpc) is 2.74. The highest BCUT2D eigenvalue weighted by atomic mass is 32.2. The van der Waals surface area contributed by atoms with E-state index in [4.69, 9.17) is 4.74 Å². The van der Waals surface area contributed by atoms with Gasteiger partial charge in [0.05, 0.1) is 12.8 Å². The Morgan fingerprint density at radius 2 is 1.93 bits per heavy atom. The number of para-hydroxylation sites is 1. The van der Waals surface area contributed by atoms with Crippen molar-refractivity contribution in [3.8, 4) is 5.75 Å². The van der Waals surface area contributed by atoms with E-state index < -0.39 is 0 Å². The molecule has 0 spiro atoms. The Morgan fingerprint density at radius 3 is 2.59 bits per heavy atom. The highest BCUT2D eigenvalue weighted by Gasteiger charge is 2.31. The van der Waals surface area contributed by atoms with Crippen LogP contribution in [-0.2, 0) is 11.3 Å². The van der Waals surface area contributed by atoms with Crippen LogP contribution in [-0.4, -0.2) is 51.5 Å². The molecule has 3 N–H and O–H groups in total. The number of piperazine rings is 1. The molecule has 1 aliphatic heterocycles. The number of hydrogen-bond donors (Lipinski definition) is 3. The molecule has 0 radical (unpaired) electrons. The van der Waals surface area contributed by atoms with Crippen molar-refractivity contribution in [2.24, 2.45) is 0 Å². The number of ether oxygens (including phenoxy) is 1. The molecule has 0 aliphatic carbocycles. The van der Waals surface area contributed by atoms with Crippen LogP contribution in [0.2, 0.25) is 0 Å². The zero-order valence-electron chi connectivity index (χ0n) is 17.3. The van der Waals surface area contributed by atoms with Gasteiger partial charge in [0.25, 0.3) is 5.91 Å². The number of quaternary nitrogens is 2. The molecule has 1 atom stereocenters. The number of hydrogen-bond acceptors (Lipinski definition) is 3. The maximum Gasteiger partial charge on any atom is 0.282 e. The second-order valence-corrected chi connectivity index (χ2v) is 8.31. The monoisotopic (exact) mass is 419 g/mol. The predicted octanol–water partition coefficient (Wildman–Crippen LogP) is 0.867. The van der Waals surface area contributed by atoms with Crippen LogP contribution >= 0.6 is 11.8 Å². The lowest BCUT2D eigenvalue weighted by atomic mass is 10.1. The van der Waals surface area contributed by atoms with Crippen LogP contribution in [0.25, 0.3) is 0 Å². The molecule has 1 saturated heterocycles. The van der Waals surface area contributed by atoms with Crippen LogP contribution in [0, 0.1) is 5.82 Å². The van der Waals surface area contributed by atoms with Crippen LogP contribution in [0.15, 0.2) is 47.4 Å². The number of carbonyl (C=O) groups is 1. The van der Waals surface area contributed by atoms with Gasteiger partial charge in [-0.2, -0.15) is 0 Å². The number of rotatable bonds is 7. The van der Waals surface area contributed by atoms with Gasteiger partial charge in [0.15, 0.2) is 17.6 Å². The van der Waals surface area contributed by atoms with E-state index in [0.29, 0.717) is 0 Å². The Bertz CT molecular complexity index is 841. The third-order valence-corrected chi connectivity index (χ3v) is 6.44. The van der Waals surface area contributed by atoms with E-state index in [0.717, 1.165) is 48.9 Å². The molecule has 1 fully saturated rings. The van der Waals surface area contributed by atoms with Gasteiger partial charge >= 0.3 is 0 Å². The summed E-state index contributed by atoms with van der Waals surface area (Å²) in [5.41, 5.74) is 1.85. The van der Waals surface area contributed by atoms with Crippen molar-refractivity contribution in [3.63, 3.8) is 0 Å². The molecule has 29 heavy (non-hydrogen) atoms. The number of anilines is 1. The van der Waals surface area contributed by atoms with Gasteiger partial charge < -0.3 is 19.9 Å². The molecule has 7 heteroatoms. The maximum atomic E-state index is 13.9. The first-order valence-electron chi connectivity index (χ1n) is 9.96. The molecule has 0 aromatic heterocycles. The lowest BCUT2D eigenvalue weighted by Crippen LogP contribution is -3.29. The van der Waals surface area contributed by atoms with Crippen molar-refractivity contribution in [1.82, 2.24) is 0 Å². The standard InChI is InChI=1S/C22H28FN3O2S/c1-16(22(27)24-19-6-4-5-7-21(19)29-3)26-12-10-25(11-13-26)15-17-8-9-20(28-2)18(23)14-17/h4-9,14,16H,10-13,15H2,1-3H3,(H,24,27)/p+2/t16-/m1/s1. The molecule has 0 unspecified atom stereocenters. The first kappa shape index (κ1) is 21.6.